The number of benzene rings is 1. The Kier molecular flexibility index (Phi) is 6.91. The van der Waals surface area contributed by atoms with Crippen molar-refractivity contribution in [2.45, 2.75) is 12.7 Å². The Labute approximate surface area is 140 Å². The van der Waals surface area contributed by atoms with Gasteiger partial charge in [0.1, 0.15) is 0 Å². The Hall–Kier alpha value is 0.800. The van der Waals surface area contributed by atoms with Gasteiger partial charge in [-0.05, 0) is 79.9 Å². The monoisotopic (exact) mass is 574 g/mol. The van der Waals surface area contributed by atoms with Crippen LogP contribution in [0.15, 0.2) is 12.1 Å². The first-order valence-corrected chi connectivity index (χ1v) is 7.81. The van der Waals surface area contributed by atoms with Crippen molar-refractivity contribution in [2.24, 2.45) is 0 Å². The van der Waals surface area contributed by atoms with Crippen molar-refractivity contribution in [3.63, 3.8) is 0 Å². The van der Waals surface area contributed by atoms with Gasteiger partial charge in [0.25, 0.3) is 0 Å². The molecule has 0 aliphatic carbocycles. The summed E-state index contributed by atoms with van der Waals surface area (Å²) in [5.74, 6) is -0.941. The summed E-state index contributed by atoms with van der Waals surface area (Å²) >= 11 is 6.48. The minimum absolute atomic E-state index is 0.00533. The Bertz CT molecular complexity index is 422. The fourth-order valence-electron chi connectivity index (χ4n) is 1.10. The van der Waals surface area contributed by atoms with Gasteiger partial charge in [-0.15, -0.1) is 0 Å². The number of carboxylic acids is 1. The highest BCUT2D eigenvalue weighted by molar-refractivity contribution is 14.1. The highest BCUT2D eigenvalue weighted by Gasteiger charge is 2.15. The molecule has 1 unspecified atom stereocenters. The van der Waals surface area contributed by atoms with E-state index in [2.05, 4.69) is 67.8 Å². The zero-order valence-corrected chi connectivity index (χ0v) is 15.0. The Balaban J connectivity index is 2.74. The van der Waals surface area contributed by atoms with E-state index in [1.807, 2.05) is 12.1 Å². The van der Waals surface area contributed by atoms with E-state index in [1.165, 1.54) is 0 Å². The normalized spacial score (nSPS) is 12.5. The molecule has 0 amide bonds. The number of ether oxygens (including phenoxy) is 1. The molecule has 0 aliphatic rings. The molecule has 2 N–H and O–H groups in total. The Morgan fingerprint density at radius 2 is 2.00 bits per heavy atom. The lowest BCUT2D eigenvalue weighted by Crippen LogP contribution is -2.10. The molecule has 0 aromatic heterocycles. The van der Waals surface area contributed by atoms with Crippen LogP contribution in [-0.4, -0.2) is 22.8 Å². The third-order valence-corrected chi connectivity index (χ3v) is 5.59. The van der Waals surface area contributed by atoms with E-state index in [0.29, 0.717) is 5.56 Å². The quantitative estimate of drug-likeness (QED) is 0.323. The van der Waals surface area contributed by atoms with Crippen molar-refractivity contribution in [3.8, 4) is 0 Å². The van der Waals surface area contributed by atoms with Crippen LogP contribution in [-0.2, 0) is 9.53 Å². The maximum Gasteiger partial charge on any atom is 0.305 e. The zero-order chi connectivity index (χ0) is 13.0. The smallest absolute Gasteiger partial charge is 0.305 e. The lowest BCUT2D eigenvalue weighted by atomic mass is 10.2. The van der Waals surface area contributed by atoms with Gasteiger partial charge < -0.3 is 14.9 Å². The summed E-state index contributed by atoms with van der Waals surface area (Å²) in [4.78, 5) is 10.3. The van der Waals surface area contributed by atoms with Crippen molar-refractivity contribution in [3.05, 3.63) is 28.4 Å². The summed E-state index contributed by atoms with van der Waals surface area (Å²) in [6, 6.07) is 3.83. The molecule has 0 fully saturated rings. The third kappa shape index (κ3) is 5.12. The average molecular weight is 574 g/mol. The molecule has 1 rings (SSSR count). The van der Waals surface area contributed by atoms with Crippen molar-refractivity contribution in [2.75, 3.05) is 6.61 Å². The van der Waals surface area contributed by atoms with Crippen LogP contribution < -0.4 is 0 Å². The fourth-order valence-corrected chi connectivity index (χ4v) is 3.57. The average Bonchev–Trinajstić information content (AvgIpc) is 2.22. The maximum absolute atomic E-state index is 10.3. The van der Waals surface area contributed by atoms with E-state index in [9.17, 15) is 9.90 Å². The number of hydrogen-bond acceptors (Lipinski definition) is 3. The highest BCUT2D eigenvalue weighted by Crippen LogP contribution is 2.27. The standard InChI is InChI=1S/C10H9I3O4/c11-5-3-6(9(13)7(12)4-5)10(16)17-2-1-8(14)15/h3-4,10,16H,1-2H2,(H,14,15). The lowest BCUT2D eigenvalue weighted by molar-refractivity contribution is -0.143. The molecule has 0 saturated heterocycles. The van der Waals surface area contributed by atoms with Gasteiger partial charge in [-0.1, -0.05) is 0 Å². The van der Waals surface area contributed by atoms with Crippen molar-refractivity contribution in [1.29, 1.82) is 0 Å². The molecule has 0 aliphatic heterocycles. The maximum atomic E-state index is 10.3. The number of aliphatic carboxylic acids is 1. The van der Waals surface area contributed by atoms with Gasteiger partial charge in [0.15, 0.2) is 6.29 Å². The number of aliphatic hydroxyl groups is 1. The van der Waals surface area contributed by atoms with Gasteiger partial charge >= 0.3 is 5.97 Å². The number of hydrogen-bond donors (Lipinski definition) is 2. The highest BCUT2D eigenvalue weighted by atomic mass is 127. The van der Waals surface area contributed by atoms with Gasteiger partial charge in [0, 0.05) is 16.3 Å². The van der Waals surface area contributed by atoms with E-state index in [1.54, 1.807) is 0 Å². The van der Waals surface area contributed by atoms with Crippen LogP contribution in [0, 0.1) is 10.7 Å². The van der Waals surface area contributed by atoms with Crippen LogP contribution in [0.1, 0.15) is 18.3 Å². The molecule has 1 aromatic carbocycles. The van der Waals surface area contributed by atoms with Crippen molar-refractivity contribution in [1.82, 2.24) is 0 Å². The third-order valence-electron chi connectivity index (χ3n) is 1.88. The predicted octanol–water partition coefficient (Wildman–Crippen LogP) is 2.98. The summed E-state index contributed by atoms with van der Waals surface area (Å²) < 4.78 is 8.05. The molecule has 7 heteroatoms. The fraction of sp³-hybridized carbons (Fsp3) is 0.300. The molecule has 4 nitrogen and oxygen atoms in total. The van der Waals surface area contributed by atoms with Gasteiger partial charge in [0.2, 0.25) is 0 Å². The summed E-state index contributed by atoms with van der Waals surface area (Å²) in [5.41, 5.74) is 0.673. The number of halogens is 3. The Morgan fingerprint density at radius 3 is 2.59 bits per heavy atom. The van der Waals surface area contributed by atoms with E-state index in [4.69, 9.17) is 9.84 Å². The molecule has 1 aromatic rings. The van der Waals surface area contributed by atoms with E-state index >= 15 is 0 Å². The number of carbonyl (C=O) groups is 1. The first-order valence-electron chi connectivity index (χ1n) is 4.57. The summed E-state index contributed by atoms with van der Waals surface area (Å²) in [6.45, 7) is -0.00533. The zero-order valence-electron chi connectivity index (χ0n) is 8.49. The number of aliphatic hydroxyl groups excluding tert-OH is 1. The topological polar surface area (TPSA) is 66.8 Å². The van der Waals surface area contributed by atoms with Gasteiger partial charge in [-0.3, -0.25) is 4.79 Å². The first-order chi connectivity index (χ1) is 7.91. The Morgan fingerprint density at radius 1 is 1.35 bits per heavy atom. The number of carboxylic acid groups (broad SMARTS) is 1. The van der Waals surface area contributed by atoms with Crippen LogP contribution in [0.3, 0.4) is 0 Å². The first kappa shape index (κ1) is 15.9. The van der Waals surface area contributed by atoms with Crippen LogP contribution in [0.2, 0.25) is 0 Å². The largest absolute Gasteiger partial charge is 0.481 e. The minimum Gasteiger partial charge on any atom is -0.481 e. The molecule has 0 heterocycles. The van der Waals surface area contributed by atoms with Crippen molar-refractivity contribution >= 4 is 73.7 Å². The van der Waals surface area contributed by atoms with E-state index < -0.39 is 12.3 Å². The van der Waals surface area contributed by atoms with Crippen LogP contribution >= 0.6 is 67.8 Å². The lowest BCUT2D eigenvalue weighted by Gasteiger charge is -2.14. The van der Waals surface area contributed by atoms with E-state index in [-0.39, 0.29) is 13.0 Å². The second-order valence-corrected chi connectivity index (χ2v) is 6.64. The molecule has 94 valence electrons. The molecular formula is C10H9I3O4. The molecule has 0 bridgehead atoms. The number of rotatable bonds is 5. The van der Waals surface area contributed by atoms with Gasteiger partial charge in [-0.25, -0.2) is 0 Å². The molecule has 0 spiro atoms. The molecular weight excluding hydrogens is 565 g/mol. The molecule has 0 radical (unpaired) electrons. The van der Waals surface area contributed by atoms with Crippen LogP contribution in [0.5, 0.6) is 0 Å². The SMILES string of the molecule is O=C(O)CCOC(O)c1cc(I)cc(I)c1I. The van der Waals surface area contributed by atoms with Gasteiger partial charge in [-0.2, -0.15) is 0 Å². The summed E-state index contributed by atoms with van der Waals surface area (Å²) in [6.07, 6.45) is -1.20. The summed E-state index contributed by atoms with van der Waals surface area (Å²) in [7, 11) is 0. The molecule has 0 saturated carbocycles. The molecule has 17 heavy (non-hydrogen) atoms. The van der Waals surface area contributed by atoms with E-state index in [0.717, 1.165) is 10.7 Å². The van der Waals surface area contributed by atoms with Crippen LogP contribution in [0.25, 0.3) is 0 Å². The minimum atomic E-state index is -1.08. The second-order valence-electron chi connectivity index (χ2n) is 3.16. The van der Waals surface area contributed by atoms with Crippen LogP contribution in [0.4, 0.5) is 0 Å². The second kappa shape index (κ2) is 7.40. The predicted molar refractivity (Wildman–Crippen MR) is 87.8 cm³/mol. The summed E-state index contributed by atoms with van der Waals surface area (Å²) in [5, 5.41) is 18.3. The molecule has 1 atom stereocenters. The van der Waals surface area contributed by atoms with Crippen molar-refractivity contribution < 1.29 is 19.7 Å². The van der Waals surface area contributed by atoms with Gasteiger partial charge in [0.05, 0.1) is 13.0 Å².